The highest BCUT2D eigenvalue weighted by Crippen LogP contribution is 2.40. The molecule has 52 heavy (non-hydrogen) atoms. The third-order valence-corrected chi connectivity index (χ3v) is 8.91. The molecule has 0 aliphatic rings. The Kier molecular flexibility index (Phi) is 7.63. The molecule has 6 aromatic carbocycles. The Hall–Kier alpha value is -7.25. The van der Waals surface area contributed by atoms with E-state index in [1.165, 1.54) is 0 Å². The minimum atomic E-state index is 0.507. The van der Waals surface area contributed by atoms with E-state index in [4.69, 9.17) is 28.2 Å². The monoisotopic (exact) mass is 674 g/mol. The van der Waals surface area contributed by atoms with Crippen molar-refractivity contribution in [3.63, 3.8) is 0 Å². The van der Waals surface area contributed by atoms with Crippen LogP contribution in [0, 0.1) is 0 Å². The Morgan fingerprint density at radius 1 is 0.481 bits per heavy atom. The van der Waals surface area contributed by atoms with Gasteiger partial charge in [-0.1, -0.05) is 86.0 Å². The van der Waals surface area contributed by atoms with Crippen molar-refractivity contribution in [2.75, 3.05) is 4.90 Å². The summed E-state index contributed by atoms with van der Waals surface area (Å²) in [6, 6.07) is 46.5. The fraction of sp³-hybridized carbons (Fsp3) is 0. The predicted molar refractivity (Wildman–Crippen MR) is 209 cm³/mol. The highest BCUT2D eigenvalue weighted by molar-refractivity contribution is 5.90. The van der Waals surface area contributed by atoms with Gasteiger partial charge in [0.15, 0.2) is 16.7 Å². The van der Waals surface area contributed by atoms with Crippen molar-refractivity contribution < 1.29 is 13.3 Å². The number of nitrogens with zero attached hydrogens (tertiary/aromatic N) is 4. The average Bonchev–Trinajstić information content (AvgIpc) is 3.94. The average molecular weight is 675 g/mol. The summed E-state index contributed by atoms with van der Waals surface area (Å²) in [4.78, 5) is 16.5. The van der Waals surface area contributed by atoms with Crippen molar-refractivity contribution in [2.24, 2.45) is 0 Å². The first-order chi connectivity index (χ1) is 25.6. The molecule has 7 heteroatoms. The lowest BCUT2D eigenvalue weighted by atomic mass is 10.0. The lowest BCUT2D eigenvalue weighted by Crippen LogP contribution is -2.09. The number of benzene rings is 6. The van der Waals surface area contributed by atoms with E-state index in [2.05, 4.69) is 48.4 Å². The van der Waals surface area contributed by atoms with E-state index in [9.17, 15) is 0 Å². The highest BCUT2D eigenvalue weighted by Gasteiger charge is 2.18. The largest absolute Gasteiger partial charge is 0.436 e. The Balaban J connectivity index is 1.12. The zero-order valence-corrected chi connectivity index (χ0v) is 27.9. The number of rotatable bonds is 9. The quantitative estimate of drug-likeness (QED) is 0.141. The van der Waals surface area contributed by atoms with Crippen LogP contribution in [0.1, 0.15) is 5.89 Å². The molecule has 7 nitrogen and oxygen atoms in total. The summed E-state index contributed by atoms with van der Waals surface area (Å²) in [5.41, 5.74) is 11.9. The predicted octanol–water partition coefficient (Wildman–Crippen LogP) is 12.3. The first-order valence-corrected chi connectivity index (χ1v) is 16.8. The second-order valence-electron chi connectivity index (χ2n) is 12.2. The number of anilines is 3. The van der Waals surface area contributed by atoms with E-state index in [-0.39, 0.29) is 0 Å². The molecule has 0 fully saturated rings. The van der Waals surface area contributed by atoms with E-state index in [1.54, 1.807) is 12.2 Å². The summed E-state index contributed by atoms with van der Waals surface area (Å²) in [6.07, 6.45) is 5.23. The second-order valence-corrected chi connectivity index (χ2v) is 12.2. The van der Waals surface area contributed by atoms with E-state index in [0.29, 0.717) is 34.4 Å². The van der Waals surface area contributed by atoms with E-state index in [1.807, 2.05) is 115 Å². The molecule has 0 aliphatic carbocycles. The standard InChI is InChI=1S/C45H30N4O3/c1-3-11-29(4-2)43-47-38-26-33(18-24-40(38)50-43)30-16-19-34(20-17-30)49(35-22-25-41-39(27-35)48-45(51-41)32-14-9-6-10-15-32)36-21-23-37-42(28-36)52-44(46-37)31-12-7-5-8-13-31/h3-28H,1-2H2/b29-11+. The van der Waals surface area contributed by atoms with Crippen LogP contribution in [0.5, 0.6) is 0 Å². The van der Waals surface area contributed by atoms with Crippen molar-refractivity contribution in [3.8, 4) is 34.0 Å². The van der Waals surface area contributed by atoms with Crippen LogP contribution in [0.2, 0.25) is 0 Å². The Labute approximate surface area is 299 Å². The first kappa shape index (κ1) is 30.8. The molecule has 0 aliphatic heterocycles. The van der Waals surface area contributed by atoms with Gasteiger partial charge < -0.3 is 18.2 Å². The highest BCUT2D eigenvalue weighted by atomic mass is 16.4. The number of allylic oxidation sites excluding steroid dienone is 4. The van der Waals surface area contributed by atoms with Gasteiger partial charge >= 0.3 is 0 Å². The van der Waals surface area contributed by atoms with Gasteiger partial charge in [0, 0.05) is 39.8 Å². The van der Waals surface area contributed by atoms with Gasteiger partial charge in [-0.05, 0) is 90.0 Å². The molecule has 0 radical (unpaired) electrons. The van der Waals surface area contributed by atoms with Crippen LogP contribution in [0.25, 0.3) is 72.9 Å². The molecule has 248 valence electrons. The smallest absolute Gasteiger partial charge is 0.227 e. The molecular weight excluding hydrogens is 645 g/mol. The van der Waals surface area contributed by atoms with Crippen molar-refractivity contribution in [1.29, 1.82) is 0 Å². The zero-order valence-electron chi connectivity index (χ0n) is 27.9. The van der Waals surface area contributed by atoms with Crippen LogP contribution < -0.4 is 4.90 Å². The molecule has 0 saturated heterocycles. The minimum absolute atomic E-state index is 0.507. The van der Waals surface area contributed by atoms with Gasteiger partial charge in [-0.2, -0.15) is 0 Å². The third-order valence-electron chi connectivity index (χ3n) is 8.91. The summed E-state index contributed by atoms with van der Waals surface area (Å²) in [6.45, 7) is 7.66. The topological polar surface area (TPSA) is 81.3 Å². The van der Waals surface area contributed by atoms with Gasteiger partial charge in [0.25, 0.3) is 0 Å². The van der Waals surface area contributed by atoms with E-state index in [0.717, 1.165) is 61.4 Å². The summed E-state index contributed by atoms with van der Waals surface area (Å²) < 4.78 is 18.4. The molecule has 3 aromatic heterocycles. The van der Waals surface area contributed by atoms with Crippen molar-refractivity contribution >= 4 is 55.9 Å². The van der Waals surface area contributed by atoms with Crippen molar-refractivity contribution in [1.82, 2.24) is 15.0 Å². The van der Waals surface area contributed by atoms with Gasteiger partial charge in [0.2, 0.25) is 17.7 Å². The molecule has 0 spiro atoms. The lowest BCUT2D eigenvalue weighted by molar-refractivity contribution is 0.586. The Morgan fingerprint density at radius 3 is 1.77 bits per heavy atom. The fourth-order valence-corrected chi connectivity index (χ4v) is 6.35. The van der Waals surface area contributed by atoms with Crippen LogP contribution in [-0.4, -0.2) is 15.0 Å². The van der Waals surface area contributed by atoms with E-state index < -0.39 is 0 Å². The summed E-state index contributed by atoms with van der Waals surface area (Å²) in [5, 5.41) is 0. The molecule has 0 unspecified atom stereocenters. The van der Waals surface area contributed by atoms with Crippen LogP contribution in [0.15, 0.2) is 184 Å². The Morgan fingerprint density at radius 2 is 1.06 bits per heavy atom. The molecule has 3 heterocycles. The first-order valence-electron chi connectivity index (χ1n) is 16.8. The summed E-state index contributed by atoms with van der Waals surface area (Å²) in [7, 11) is 0. The Bertz CT molecular complexity index is 2660. The van der Waals surface area contributed by atoms with Crippen LogP contribution >= 0.6 is 0 Å². The molecule has 0 N–H and O–H groups in total. The maximum absolute atomic E-state index is 6.30. The maximum Gasteiger partial charge on any atom is 0.227 e. The van der Waals surface area contributed by atoms with Gasteiger partial charge in [0.1, 0.15) is 16.6 Å². The van der Waals surface area contributed by atoms with Gasteiger partial charge in [0.05, 0.1) is 0 Å². The number of fused-ring (bicyclic) bond motifs is 3. The number of aromatic nitrogens is 3. The third kappa shape index (κ3) is 5.66. The van der Waals surface area contributed by atoms with Gasteiger partial charge in [-0.15, -0.1) is 0 Å². The number of hydrogen-bond donors (Lipinski definition) is 0. The maximum atomic E-state index is 6.30. The van der Waals surface area contributed by atoms with Crippen LogP contribution in [0.4, 0.5) is 17.1 Å². The lowest BCUT2D eigenvalue weighted by Gasteiger charge is -2.25. The SMILES string of the molecule is C=C/C=C(\C=C)c1nc2cc(-c3ccc(N(c4ccc5oc(-c6ccccc6)nc5c4)c4ccc5nc(-c6ccccc6)oc5c4)cc3)ccc2o1. The van der Waals surface area contributed by atoms with Gasteiger partial charge in [-0.25, -0.2) is 15.0 Å². The second kappa shape index (κ2) is 12.9. The fourth-order valence-electron chi connectivity index (χ4n) is 6.35. The molecule has 0 amide bonds. The molecule has 0 bridgehead atoms. The van der Waals surface area contributed by atoms with Gasteiger partial charge in [-0.3, -0.25) is 0 Å². The van der Waals surface area contributed by atoms with Crippen LogP contribution in [-0.2, 0) is 0 Å². The number of hydrogen-bond acceptors (Lipinski definition) is 7. The van der Waals surface area contributed by atoms with Crippen molar-refractivity contribution in [3.05, 3.63) is 177 Å². The molecular formula is C45H30N4O3. The van der Waals surface area contributed by atoms with Crippen LogP contribution in [0.3, 0.4) is 0 Å². The molecule has 9 aromatic rings. The summed E-state index contributed by atoms with van der Waals surface area (Å²) >= 11 is 0. The molecule has 0 atom stereocenters. The van der Waals surface area contributed by atoms with Crippen molar-refractivity contribution in [2.45, 2.75) is 0 Å². The molecule has 9 rings (SSSR count). The summed E-state index contributed by atoms with van der Waals surface area (Å²) in [5.74, 6) is 1.66. The molecule has 0 saturated carbocycles. The van der Waals surface area contributed by atoms with E-state index >= 15 is 0 Å². The zero-order chi connectivity index (χ0) is 35.0. The normalized spacial score (nSPS) is 11.7. The minimum Gasteiger partial charge on any atom is -0.436 e. The number of oxazole rings is 3.